The van der Waals surface area contributed by atoms with Crippen molar-refractivity contribution in [1.29, 1.82) is 10.5 Å². The molecule has 0 saturated carbocycles. The second kappa shape index (κ2) is 10.9. The van der Waals surface area contributed by atoms with E-state index in [1.54, 1.807) is 0 Å². The second-order valence-electron chi connectivity index (χ2n) is 12.0. The second-order valence-corrected chi connectivity index (χ2v) is 12.0. The molecule has 4 heteroatoms. The third-order valence-corrected chi connectivity index (χ3v) is 9.38. The van der Waals surface area contributed by atoms with Gasteiger partial charge in [0.05, 0.1) is 51.0 Å². The lowest BCUT2D eigenvalue weighted by molar-refractivity contribution is 1.18. The van der Waals surface area contributed by atoms with Crippen molar-refractivity contribution in [1.82, 2.24) is 9.13 Å². The number of hydrogen-bond donors (Lipinski definition) is 0. The zero-order valence-electron chi connectivity index (χ0n) is 25.8. The zero-order chi connectivity index (χ0) is 32.2. The quantitative estimate of drug-likeness (QED) is 0.199. The van der Waals surface area contributed by atoms with Crippen molar-refractivity contribution in [2.45, 2.75) is 0 Å². The maximum absolute atomic E-state index is 9.93. The van der Waals surface area contributed by atoms with Crippen LogP contribution in [0.1, 0.15) is 11.1 Å². The van der Waals surface area contributed by atoms with E-state index in [0.717, 1.165) is 66.5 Å². The van der Waals surface area contributed by atoms with E-state index in [-0.39, 0.29) is 0 Å². The molecule has 2 heterocycles. The van der Waals surface area contributed by atoms with Crippen molar-refractivity contribution in [3.8, 4) is 45.8 Å². The molecule has 0 amide bonds. The molecular formula is C44H26N4. The number of benzene rings is 7. The molecule has 0 spiro atoms. The van der Waals surface area contributed by atoms with Gasteiger partial charge in [0, 0.05) is 32.8 Å². The third-order valence-electron chi connectivity index (χ3n) is 9.38. The summed E-state index contributed by atoms with van der Waals surface area (Å²) in [4.78, 5) is 0. The molecule has 0 unspecified atom stereocenters. The minimum absolute atomic E-state index is 0.616. The SMILES string of the molecule is N#Cc1ccc(-c2cccc(-c3cccc(-n4c5ccccc5c5c(C#N)cccc54)c3)c2)c(-n2c3ccccc3c3ccccc32)c1. The molecule has 0 saturated heterocycles. The first-order chi connectivity index (χ1) is 23.7. The van der Waals surface area contributed by atoms with Crippen LogP contribution in [0.4, 0.5) is 0 Å². The predicted octanol–water partition coefficient (Wildman–Crippen LogP) is 11.0. The first kappa shape index (κ1) is 27.4. The fourth-order valence-corrected chi connectivity index (χ4v) is 7.29. The number of para-hydroxylation sites is 3. The molecule has 0 aliphatic heterocycles. The molecule has 0 radical (unpaired) electrons. The van der Waals surface area contributed by atoms with Gasteiger partial charge in [0.2, 0.25) is 0 Å². The lowest BCUT2D eigenvalue weighted by Gasteiger charge is -2.16. The van der Waals surface area contributed by atoms with E-state index in [9.17, 15) is 10.5 Å². The molecule has 0 aliphatic rings. The average molecular weight is 611 g/mol. The molecular weight excluding hydrogens is 585 g/mol. The summed E-state index contributed by atoms with van der Waals surface area (Å²) in [6.07, 6.45) is 0. The Hall–Kier alpha value is -6.88. The fourth-order valence-electron chi connectivity index (χ4n) is 7.29. The lowest BCUT2D eigenvalue weighted by Crippen LogP contribution is -1.98. The van der Waals surface area contributed by atoms with Gasteiger partial charge in [-0.05, 0) is 77.4 Å². The van der Waals surface area contributed by atoms with E-state index < -0.39 is 0 Å². The maximum Gasteiger partial charge on any atom is 0.0998 e. The van der Waals surface area contributed by atoms with E-state index in [4.69, 9.17) is 0 Å². The van der Waals surface area contributed by atoms with Crippen LogP contribution in [0.25, 0.3) is 77.2 Å². The molecule has 222 valence electrons. The third kappa shape index (κ3) is 4.14. The Bertz CT molecular complexity index is 2760. The average Bonchev–Trinajstić information content (AvgIpc) is 3.68. The highest BCUT2D eigenvalue weighted by atomic mass is 15.0. The van der Waals surface area contributed by atoms with Crippen molar-refractivity contribution in [2.24, 2.45) is 0 Å². The van der Waals surface area contributed by atoms with Crippen LogP contribution < -0.4 is 0 Å². The minimum atomic E-state index is 0.616. The largest absolute Gasteiger partial charge is 0.309 e. The minimum Gasteiger partial charge on any atom is -0.309 e. The molecule has 9 aromatic rings. The lowest BCUT2D eigenvalue weighted by atomic mass is 9.96. The van der Waals surface area contributed by atoms with Gasteiger partial charge in [-0.3, -0.25) is 0 Å². The van der Waals surface area contributed by atoms with E-state index in [0.29, 0.717) is 11.1 Å². The molecule has 2 aromatic heterocycles. The van der Waals surface area contributed by atoms with E-state index >= 15 is 0 Å². The van der Waals surface area contributed by atoms with Crippen molar-refractivity contribution >= 4 is 43.6 Å². The zero-order valence-corrected chi connectivity index (χ0v) is 25.8. The van der Waals surface area contributed by atoms with Gasteiger partial charge in [-0.2, -0.15) is 10.5 Å². The van der Waals surface area contributed by atoms with Gasteiger partial charge < -0.3 is 9.13 Å². The summed E-state index contributed by atoms with van der Waals surface area (Å²) in [5, 5.41) is 24.3. The van der Waals surface area contributed by atoms with Crippen LogP contribution in [0.15, 0.2) is 158 Å². The number of nitriles is 2. The Morgan fingerprint density at radius 2 is 1.00 bits per heavy atom. The highest BCUT2D eigenvalue weighted by molar-refractivity contribution is 6.12. The van der Waals surface area contributed by atoms with Crippen LogP contribution in [-0.2, 0) is 0 Å². The van der Waals surface area contributed by atoms with Gasteiger partial charge in [-0.25, -0.2) is 0 Å². The van der Waals surface area contributed by atoms with Crippen LogP contribution in [0.3, 0.4) is 0 Å². The number of hydrogen-bond acceptors (Lipinski definition) is 2. The van der Waals surface area contributed by atoms with E-state index in [2.05, 4.69) is 143 Å². The van der Waals surface area contributed by atoms with Gasteiger partial charge in [0.1, 0.15) is 0 Å². The number of rotatable bonds is 4. The summed E-state index contributed by atoms with van der Waals surface area (Å²) < 4.78 is 4.53. The first-order valence-corrected chi connectivity index (χ1v) is 15.9. The highest BCUT2D eigenvalue weighted by Gasteiger charge is 2.18. The van der Waals surface area contributed by atoms with Crippen LogP contribution in [-0.4, -0.2) is 9.13 Å². The fraction of sp³-hybridized carbons (Fsp3) is 0. The Kier molecular flexibility index (Phi) is 6.22. The molecule has 0 bridgehead atoms. The summed E-state index contributed by atoms with van der Waals surface area (Å²) in [5.74, 6) is 0. The molecule has 4 nitrogen and oxygen atoms in total. The Morgan fingerprint density at radius 3 is 1.71 bits per heavy atom. The van der Waals surface area contributed by atoms with Gasteiger partial charge >= 0.3 is 0 Å². The van der Waals surface area contributed by atoms with Crippen LogP contribution in [0.2, 0.25) is 0 Å². The van der Waals surface area contributed by atoms with Crippen molar-refractivity contribution in [3.05, 3.63) is 169 Å². The predicted molar refractivity (Wildman–Crippen MR) is 195 cm³/mol. The van der Waals surface area contributed by atoms with Crippen LogP contribution in [0.5, 0.6) is 0 Å². The normalized spacial score (nSPS) is 11.3. The molecule has 9 rings (SSSR count). The highest BCUT2D eigenvalue weighted by Crippen LogP contribution is 2.39. The van der Waals surface area contributed by atoms with Crippen LogP contribution in [0, 0.1) is 22.7 Å². The van der Waals surface area contributed by atoms with Gasteiger partial charge in [0.25, 0.3) is 0 Å². The monoisotopic (exact) mass is 610 g/mol. The summed E-state index contributed by atoms with van der Waals surface area (Å²) in [7, 11) is 0. The molecule has 7 aromatic carbocycles. The first-order valence-electron chi connectivity index (χ1n) is 15.9. The van der Waals surface area contributed by atoms with E-state index in [1.165, 1.54) is 10.8 Å². The van der Waals surface area contributed by atoms with Gasteiger partial charge in [-0.1, -0.05) is 97.1 Å². The van der Waals surface area contributed by atoms with Crippen LogP contribution >= 0.6 is 0 Å². The molecule has 0 aliphatic carbocycles. The number of fused-ring (bicyclic) bond motifs is 6. The Labute approximate surface area is 277 Å². The summed E-state index contributed by atoms with van der Waals surface area (Å²) >= 11 is 0. The topological polar surface area (TPSA) is 57.4 Å². The van der Waals surface area contributed by atoms with E-state index in [1.807, 2.05) is 36.4 Å². The van der Waals surface area contributed by atoms with Crippen molar-refractivity contribution in [3.63, 3.8) is 0 Å². The van der Waals surface area contributed by atoms with Gasteiger partial charge in [0.15, 0.2) is 0 Å². The maximum atomic E-state index is 9.93. The summed E-state index contributed by atoms with van der Waals surface area (Å²) in [5.41, 5.74) is 11.9. The Morgan fingerprint density at radius 1 is 0.417 bits per heavy atom. The molecule has 48 heavy (non-hydrogen) atoms. The van der Waals surface area contributed by atoms with Gasteiger partial charge in [-0.15, -0.1) is 0 Å². The van der Waals surface area contributed by atoms with Crippen molar-refractivity contribution < 1.29 is 0 Å². The summed E-state index contributed by atoms with van der Waals surface area (Å²) in [6.45, 7) is 0. The molecule has 0 atom stereocenters. The Balaban J connectivity index is 1.22. The standard InChI is InChI=1S/C44H26N4/c45-27-29-22-23-35(43(24-29)48-39-18-4-1-15-36(39)37-16-2-5-19-40(37)48)32-12-7-10-30(25-32)31-11-8-14-34(26-31)47-41-20-6-3-17-38(41)44-33(28-46)13-9-21-42(44)47/h1-26H. The molecule has 0 N–H and O–H groups in total. The summed E-state index contributed by atoms with van der Waals surface area (Å²) in [6, 6.07) is 59.0. The number of aromatic nitrogens is 2. The smallest absolute Gasteiger partial charge is 0.0998 e. The van der Waals surface area contributed by atoms with Crippen molar-refractivity contribution in [2.75, 3.05) is 0 Å². The number of nitrogens with zero attached hydrogens (tertiary/aromatic N) is 4. The molecule has 0 fully saturated rings.